The maximum absolute atomic E-state index is 11.6. The van der Waals surface area contributed by atoms with Crippen molar-refractivity contribution in [3.05, 3.63) is 22.2 Å². The average Bonchev–Trinajstić information content (AvgIpc) is 2.70. The van der Waals surface area contributed by atoms with Gasteiger partial charge in [0.1, 0.15) is 0 Å². The second-order valence-electron chi connectivity index (χ2n) is 6.51. The maximum atomic E-state index is 11.6. The standard InChI is InChI=1S/C19H29BrN4O3/c1-21-18(25)9-13-5-7-24(8-6-13)19(22-2)23-12-14-10-16(26-3)17(27-4)11-15(14)20/h10-11,13H,5-9,12H2,1-4H3,(H,21,25)(H,22,23). The molecule has 7 nitrogen and oxygen atoms in total. The van der Waals surface area contributed by atoms with Crippen LogP contribution in [0.3, 0.4) is 0 Å². The molecule has 0 unspecified atom stereocenters. The van der Waals surface area contributed by atoms with Crippen LogP contribution in [-0.2, 0) is 11.3 Å². The van der Waals surface area contributed by atoms with Crippen LogP contribution in [0, 0.1) is 5.92 Å². The number of hydrogen-bond donors (Lipinski definition) is 2. The Morgan fingerprint density at radius 2 is 1.89 bits per heavy atom. The van der Waals surface area contributed by atoms with Gasteiger partial charge in [-0.2, -0.15) is 0 Å². The first-order chi connectivity index (χ1) is 13.0. The van der Waals surface area contributed by atoms with E-state index in [2.05, 4.69) is 36.5 Å². The number of carbonyl (C=O) groups is 1. The monoisotopic (exact) mass is 440 g/mol. The summed E-state index contributed by atoms with van der Waals surface area (Å²) < 4.78 is 11.7. The van der Waals surface area contributed by atoms with Crippen LogP contribution in [-0.4, -0.2) is 58.2 Å². The number of halogens is 1. The average molecular weight is 441 g/mol. The number of methoxy groups -OCH3 is 2. The van der Waals surface area contributed by atoms with Gasteiger partial charge in [-0.15, -0.1) is 0 Å². The summed E-state index contributed by atoms with van der Waals surface area (Å²) in [7, 11) is 6.74. The maximum Gasteiger partial charge on any atom is 0.220 e. The van der Waals surface area contributed by atoms with Crippen molar-refractivity contribution in [1.82, 2.24) is 15.5 Å². The van der Waals surface area contributed by atoms with Gasteiger partial charge in [0.15, 0.2) is 17.5 Å². The van der Waals surface area contributed by atoms with Gasteiger partial charge >= 0.3 is 0 Å². The van der Waals surface area contributed by atoms with E-state index in [0.717, 1.165) is 41.9 Å². The van der Waals surface area contributed by atoms with Gasteiger partial charge in [-0.25, -0.2) is 0 Å². The minimum absolute atomic E-state index is 0.120. The van der Waals surface area contributed by atoms with E-state index in [4.69, 9.17) is 9.47 Å². The number of hydrogen-bond acceptors (Lipinski definition) is 4. The molecule has 0 aliphatic carbocycles. The first-order valence-electron chi connectivity index (χ1n) is 9.08. The fourth-order valence-corrected chi connectivity index (χ4v) is 3.71. The molecule has 0 spiro atoms. The van der Waals surface area contributed by atoms with E-state index < -0.39 is 0 Å². The van der Waals surface area contributed by atoms with Crippen LogP contribution in [0.15, 0.2) is 21.6 Å². The lowest BCUT2D eigenvalue weighted by Crippen LogP contribution is -2.45. The van der Waals surface area contributed by atoms with Gasteiger partial charge in [-0.1, -0.05) is 15.9 Å². The van der Waals surface area contributed by atoms with E-state index in [1.54, 1.807) is 28.3 Å². The van der Waals surface area contributed by atoms with Crippen LogP contribution >= 0.6 is 15.9 Å². The molecule has 0 radical (unpaired) electrons. The number of piperidine rings is 1. The van der Waals surface area contributed by atoms with Gasteiger partial charge in [0.2, 0.25) is 5.91 Å². The van der Waals surface area contributed by atoms with E-state index >= 15 is 0 Å². The molecule has 2 N–H and O–H groups in total. The SMILES string of the molecule is CN=C(NCc1cc(OC)c(OC)cc1Br)N1CCC(CC(=O)NC)CC1. The molecule has 0 saturated carbocycles. The molecule has 2 rings (SSSR count). The van der Waals surface area contributed by atoms with Crippen LogP contribution in [0.5, 0.6) is 11.5 Å². The van der Waals surface area contributed by atoms with Crippen molar-refractivity contribution in [1.29, 1.82) is 0 Å². The molecule has 1 aliphatic heterocycles. The number of nitrogens with zero attached hydrogens (tertiary/aromatic N) is 2. The molecule has 1 fully saturated rings. The van der Waals surface area contributed by atoms with Crippen molar-refractivity contribution in [2.45, 2.75) is 25.8 Å². The molecule has 1 amide bonds. The molecule has 27 heavy (non-hydrogen) atoms. The lowest BCUT2D eigenvalue weighted by atomic mass is 9.93. The summed E-state index contributed by atoms with van der Waals surface area (Å²) >= 11 is 3.59. The highest BCUT2D eigenvalue weighted by Gasteiger charge is 2.23. The van der Waals surface area contributed by atoms with Crippen molar-refractivity contribution in [3.63, 3.8) is 0 Å². The molecule has 0 aromatic heterocycles. The van der Waals surface area contributed by atoms with Gasteiger partial charge in [0, 0.05) is 44.6 Å². The number of nitrogens with one attached hydrogen (secondary N) is 2. The van der Waals surface area contributed by atoms with E-state index in [1.807, 2.05) is 12.1 Å². The van der Waals surface area contributed by atoms with Crippen molar-refractivity contribution < 1.29 is 14.3 Å². The molecule has 150 valence electrons. The highest BCUT2D eigenvalue weighted by atomic mass is 79.9. The van der Waals surface area contributed by atoms with Crippen molar-refractivity contribution in [2.24, 2.45) is 10.9 Å². The summed E-state index contributed by atoms with van der Waals surface area (Å²) in [5.74, 6) is 2.82. The van der Waals surface area contributed by atoms with Crippen LogP contribution in [0.2, 0.25) is 0 Å². The van der Waals surface area contributed by atoms with Crippen molar-refractivity contribution in [3.8, 4) is 11.5 Å². The highest BCUT2D eigenvalue weighted by Crippen LogP contribution is 2.33. The molecule has 1 aromatic rings. The third kappa shape index (κ3) is 5.76. The number of likely N-dealkylation sites (tertiary alicyclic amines) is 1. The number of carbonyl (C=O) groups excluding carboxylic acids is 1. The molecule has 1 aliphatic rings. The summed E-state index contributed by atoms with van der Waals surface area (Å²) in [6.45, 7) is 2.41. The number of ether oxygens (including phenoxy) is 2. The molecule has 0 atom stereocenters. The molecule has 1 heterocycles. The Kier molecular flexibility index (Phi) is 8.22. The van der Waals surface area contributed by atoms with Gasteiger partial charge < -0.3 is 25.0 Å². The molecule has 1 saturated heterocycles. The number of benzene rings is 1. The second-order valence-corrected chi connectivity index (χ2v) is 7.36. The predicted molar refractivity (Wildman–Crippen MR) is 110 cm³/mol. The Morgan fingerprint density at radius 1 is 1.26 bits per heavy atom. The number of aliphatic imine (C=N–C) groups is 1. The largest absolute Gasteiger partial charge is 0.493 e. The van der Waals surface area contributed by atoms with Crippen LogP contribution in [0.25, 0.3) is 0 Å². The summed E-state index contributed by atoms with van der Waals surface area (Å²) in [6.07, 6.45) is 2.59. The van der Waals surface area contributed by atoms with E-state index in [1.165, 1.54) is 0 Å². The minimum atomic E-state index is 0.120. The quantitative estimate of drug-likeness (QED) is 0.524. The number of rotatable bonds is 6. The topological polar surface area (TPSA) is 75.2 Å². The summed E-state index contributed by atoms with van der Waals surface area (Å²) in [5.41, 5.74) is 1.06. The Labute approximate surface area is 169 Å². The van der Waals surface area contributed by atoms with Crippen molar-refractivity contribution in [2.75, 3.05) is 41.4 Å². The normalized spacial score (nSPS) is 15.4. The third-order valence-electron chi connectivity index (χ3n) is 4.87. The predicted octanol–water partition coefficient (Wildman–Crippen LogP) is 2.39. The van der Waals surface area contributed by atoms with Gasteiger partial charge in [-0.05, 0) is 36.5 Å². The first-order valence-corrected chi connectivity index (χ1v) is 9.88. The zero-order valence-corrected chi connectivity index (χ0v) is 18.1. The fraction of sp³-hybridized carbons (Fsp3) is 0.579. The molecular weight excluding hydrogens is 412 g/mol. The van der Waals surface area contributed by atoms with Gasteiger partial charge in [0.05, 0.1) is 14.2 Å². The zero-order chi connectivity index (χ0) is 19.8. The van der Waals surface area contributed by atoms with Gasteiger partial charge in [-0.3, -0.25) is 9.79 Å². The van der Waals surface area contributed by atoms with Crippen LogP contribution in [0.1, 0.15) is 24.8 Å². The van der Waals surface area contributed by atoms with Crippen LogP contribution < -0.4 is 20.1 Å². The summed E-state index contributed by atoms with van der Waals surface area (Å²) in [5, 5.41) is 6.13. The van der Waals surface area contributed by atoms with E-state index in [-0.39, 0.29) is 5.91 Å². The minimum Gasteiger partial charge on any atom is -0.493 e. The fourth-order valence-electron chi connectivity index (χ4n) is 3.25. The van der Waals surface area contributed by atoms with E-state index in [0.29, 0.717) is 30.4 Å². The molecular formula is C19H29BrN4O3. The Hall–Kier alpha value is -1.96. The second kappa shape index (κ2) is 10.4. The third-order valence-corrected chi connectivity index (χ3v) is 5.61. The number of amides is 1. The smallest absolute Gasteiger partial charge is 0.220 e. The first kappa shape index (κ1) is 21.3. The highest BCUT2D eigenvalue weighted by molar-refractivity contribution is 9.10. The summed E-state index contributed by atoms with van der Waals surface area (Å²) in [4.78, 5) is 18.2. The Morgan fingerprint density at radius 3 is 2.44 bits per heavy atom. The molecule has 8 heteroatoms. The van der Waals surface area contributed by atoms with Gasteiger partial charge in [0.25, 0.3) is 0 Å². The number of guanidine groups is 1. The Balaban J connectivity index is 1.94. The summed E-state index contributed by atoms with van der Waals surface area (Å²) in [6, 6.07) is 3.86. The Bertz CT molecular complexity index is 673. The molecule has 0 bridgehead atoms. The zero-order valence-electron chi connectivity index (χ0n) is 16.5. The lowest BCUT2D eigenvalue weighted by Gasteiger charge is -2.34. The van der Waals surface area contributed by atoms with Crippen molar-refractivity contribution >= 4 is 27.8 Å². The molecule has 1 aromatic carbocycles. The van der Waals surface area contributed by atoms with Crippen LogP contribution in [0.4, 0.5) is 0 Å². The van der Waals surface area contributed by atoms with E-state index in [9.17, 15) is 4.79 Å². The lowest BCUT2D eigenvalue weighted by molar-refractivity contribution is -0.121.